The van der Waals surface area contributed by atoms with Gasteiger partial charge in [0.1, 0.15) is 6.10 Å². The number of ether oxygens (including phenoxy) is 1. The summed E-state index contributed by atoms with van der Waals surface area (Å²) < 4.78 is 5.34. The molecule has 2 saturated heterocycles. The standard InChI is InChI=1S/C12H18Cl2N2O3/c13-10(14)12(18)16-5-3-8(4-6-16)15-11(17)9-2-1-7-19-9/h8-10H,1-7H2,(H,15,17). The Kier molecular flexibility index (Phi) is 5.30. The summed E-state index contributed by atoms with van der Waals surface area (Å²) in [6, 6.07) is 0.102. The molecule has 0 spiro atoms. The number of carbonyl (C=O) groups is 2. The van der Waals surface area contributed by atoms with Gasteiger partial charge in [0.05, 0.1) is 0 Å². The SMILES string of the molecule is O=C(NC1CCN(C(=O)C(Cl)Cl)CC1)C1CCCO1. The highest BCUT2D eigenvalue weighted by Gasteiger charge is 2.29. The molecule has 2 heterocycles. The number of nitrogens with zero attached hydrogens (tertiary/aromatic N) is 1. The number of carbonyl (C=O) groups excluding carboxylic acids is 2. The van der Waals surface area contributed by atoms with Gasteiger partial charge in [-0.1, -0.05) is 23.2 Å². The van der Waals surface area contributed by atoms with Crippen LogP contribution < -0.4 is 5.32 Å². The fourth-order valence-electron chi connectivity index (χ4n) is 2.46. The van der Waals surface area contributed by atoms with Gasteiger partial charge in [-0.2, -0.15) is 0 Å². The summed E-state index contributed by atoms with van der Waals surface area (Å²) in [7, 11) is 0. The molecule has 0 aliphatic carbocycles. The molecule has 0 aromatic carbocycles. The number of piperidine rings is 1. The van der Waals surface area contributed by atoms with Crippen molar-refractivity contribution in [3.63, 3.8) is 0 Å². The number of amides is 2. The quantitative estimate of drug-likeness (QED) is 0.794. The lowest BCUT2D eigenvalue weighted by Crippen LogP contribution is -2.49. The molecule has 1 unspecified atom stereocenters. The molecule has 0 aromatic rings. The van der Waals surface area contributed by atoms with Crippen LogP contribution in [0.2, 0.25) is 0 Å². The summed E-state index contributed by atoms with van der Waals surface area (Å²) in [6.07, 6.45) is 2.89. The molecule has 1 N–H and O–H groups in total. The summed E-state index contributed by atoms with van der Waals surface area (Å²) in [4.78, 5) is 24.1. The van der Waals surface area contributed by atoms with Crippen LogP contribution in [0.15, 0.2) is 0 Å². The Labute approximate surface area is 122 Å². The van der Waals surface area contributed by atoms with E-state index in [2.05, 4.69) is 5.32 Å². The van der Waals surface area contributed by atoms with Crippen molar-refractivity contribution in [2.75, 3.05) is 19.7 Å². The second kappa shape index (κ2) is 6.77. The Balaban J connectivity index is 1.74. The predicted molar refractivity (Wildman–Crippen MR) is 72.2 cm³/mol. The Morgan fingerprint density at radius 3 is 2.42 bits per heavy atom. The van der Waals surface area contributed by atoms with Crippen LogP contribution in [-0.2, 0) is 14.3 Å². The molecule has 0 aromatic heterocycles. The minimum absolute atomic E-state index is 0.0326. The Bertz CT molecular complexity index is 338. The first kappa shape index (κ1) is 14.9. The third kappa shape index (κ3) is 3.97. The normalized spacial score (nSPS) is 24.8. The van der Waals surface area contributed by atoms with Crippen LogP contribution in [0.3, 0.4) is 0 Å². The van der Waals surface area contributed by atoms with Crippen LogP contribution in [0.1, 0.15) is 25.7 Å². The van der Waals surface area contributed by atoms with Crippen LogP contribution in [0.25, 0.3) is 0 Å². The molecule has 5 nitrogen and oxygen atoms in total. The third-order valence-electron chi connectivity index (χ3n) is 3.56. The second-order valence-electron chi connectivity index (χ2n) is 4.91. The van der Waals surface area contributed by atoms with Gasteiger partial charge in [-0.3, -0.25) is 9.59 Å². The lowest BCUT2D eigenvalue weighted by Gasteiger charge is -2.33. The van der Waals surface area contributed by atoms with E-state index in [-0.39, 0.29) is 24.0 Å². The van der Waals surface area contributed by atoms with Crippen molar-refractivity contribution in [1.82, 2.24) is 10.2 Å². The average molecular weight is 309 g/mol. The van der Waals surface area contributed by atoms with Crippen molar-refractivity contribution < 1.29 is 14.3 Å². The van der Waals surface area contributed by atoms with Crippen molar-refractivity contribution in [1.29, 1.82) is 0 Å². The van der Waals surface area contributed by atoms with Crippen molar-refractivity contribution in [2.24, 2.45) is 0 Å². The summed E-state index contributed by atoms with van der Waals surface area (Å²) >= 11 is 11.1. The first-order chi connectivity index (χ1) is 9.08. The van der Waals surface area contributed by atoms with Gasteiger partial charge in [-0.15, -0.1) is 0 Å². The molecule has 1 atom stereocenters. The zero-order valence-corrected chi connectivity index (χ0v) is 12.1. The molecule has 2 aliphatic heterocycles. The minimum atomic E-state index is -1.00. The molecule has 0 saturated carbocycles. The van der Waals surface area contributed by atoms with Crippen molar-refractivity contribution >= 4 is 35.0 Å². The van der Waals surface area contributed by atoms with Crippen molar-refractivity contribution in [3.05, 3.63) is 0 Å². The van der Waals surface area contributed by atoms with Crippen LogP contribution in [-0.4, -0.2) is 53.4 Å². The number of alkyl halides is 2. The first-order valence-electron chi connectivity index (χ1n) is 6.57. The van der Waals surface area contributed by atoms with Gasteiger partial charge < -0.3 is 15.0 Å². The molecule has 19 heavy (non-hydrogen) atoms. The second-order valence-corrected chi connectivity index (χ2v) is 6.01. The van der Waals surface area contributed by atoms with Gasteiger partial charge in [-0.05, 0) is 25.7 Å². The molecule has 0 bridgehead atoms. The van der Waals surface area contributed by atoms with Gasteiger partial charge in [0.2, 0.25) is 5.91 Å². The highest BCUT2D eigenvalue weighted by molar-refractivity contribution is 6.53. The summed E-state index contributed by atoms with van der Waals surface area (Å²) in [5.41, 5.74) is 0. The first-order valence-corrected chi connectivity index (χ1v) is 7.44. The number of hydrogen-bond acceptors (Lipinski definition) is 3. The lowest BCUT2D eigenvalue weighted by molar-refractivity contribution is -0.132. The largest absolute Gasteiger partial charge is 0.368 e. The maximum absolute atomic E-state index is 11.9. The van der Waals surface area contributed by atoms with Crippen LogP contribution >= 0.6 is 23.2 Å². The minimum Gasteiger partial charge on any atom is -0.368 e. The van der Waals surface area contributed by atoms with Crippen LogP contribution in [0.5, 0.6) is 0 Å². The lowest BCUT2D eigenvalue weighted by atomic mass is 10.0. The summed E-state index contributed by atoms with van der Waals surface area (Å²) in [5, 5.41) is 2.98. The topological polar surface area (TPSA) is 58.6 Å². The highest BCUT2D eigenvalue weighted by Crippen LogP contribution is 2.17. The number of nitrogens with one attached hydrogen (secondary N) is 1. The molecule has 108 valence electrons. The van der Waals surface area contributed by atoms with Gasteiger partial charge in [-0.25, -0.2) is 0 Å². The average Bonchev–Trinajstić information content (AvgIpc) is 2.92. The molecule has 2 rings (SSSR count). The number of hydrogen-bond donors (Lipinski definition) is 1. The number of rotatable bonds is 3. The van der Waals surface area contributed by atoms with E-state index >= 15 is 0 Å². The Morgan fingerprint density at radius 2 is 1.89 bits per heavy atom. The van der Waals surface area contributed by atoms with E-state index in [0.717, 1.165) is 25.7 Å². The van der Waals surface area contributed by atoms with Gasteiger partial charge in [0.15, 0.2) is 4.84 Å². The van der Waals surface area contributed by atoms with Gasteiger partial charge in [0.25, 0.3) is 5.91 Å². The molecule has 0 radical (unpaired) electrons. The predicted octanol–water partition coefficient (Wildman–Crippen LogP) is 1.08. The van der Waals surface area contributed by atoms with Crippen LogP contribution in [0, 0.1) is 0 Å². The van der Waals surface area contributed by atoms with Gasteiger partial charge >= 0.3 is 0 Å². The van der Waals surface area contributed by atoms with E-state index in [9.17, 15) is 9.59 Å². The molecular weight excluding hydrogens is 291 g/mol. The zero-order chi connectivity index (χ0) is 13.8. The zero-order valence-electron chi connectivity index (χ0n) is 10.6. The van der Waals surface area contributed by atoms with E-state index in [0.29, 0.717) is 19.7 Å². The van der Waals surface area contributed by atoms with Gasteiger partial charge in [0, 0.05) is 25.7 Å². The van der Waals surface area contributed by atoms with Crippen LogP contribution in [0.4, 0.5) is 0 Å². The van der Waals surface area contributed by atoms with E-state index in [4.69, 9.17) is 27.9 Å². The van der Waals surface area contributed by atoms with E-state index in [1.807, 2.05) is 0 Å². The van der Waals surface area contributed by atoms with E-state index in [1.165, 1.54) is 0 Å². The summed E-state index contributed by atoms with van der Waals surface area (Å²) in [6.45, 7) is 1.81. The van der Waals surface area contributed by atoms with Crippen molar-refractivity contribution in [3.8, 4) is 0 Å². The molecule has 2 fully saturated rings. The number of likely N-dealkylation sites (tertiary alicyclic amines) is 1. The number of halogens is 2. The molecular formula is C12H18Cl2N2O3. The third-order valence-corrected chi connectivity index (χ3v) is 3.94. The monoisotopic (exact) mass is 308 g/mol. The molecule has 2 amide bonds. The fourth-order valence-corrected chi connectivity index (χ4v) is 2.74. The maximum Gasteiger partial charge on any atom is 0.255 e. The maximum atomic E-state index is 11.9. The molecule has 7 heteroatoms. The Hall–Kier alpha value is -0.520. The fraction of sp³-hybridized carbons (Fsp3) is 0.833. The smallest absolute Gasteiger partial charge is 0.255 e. The molecule has 2 aliphatic rings. The summed E-state index contributed by atoms with van der Waals surface area (Å²) in [5.74, 6) is -0.290. The van der Waals surface area contributed by atoms with Crippen molar-refractivity contribution in [2.45, 2.75) is 42.7 Å². The van der Waals surface area contributed by atoms with E-state index in [1.54, 1.807) is 4.90 Å². The highest BCUT2D eigenvalue weighted by atomic mass is 35.5. The Morgan fingerprint density at radius 1 is 1.21 bits per heavy atom. The van der Waals surface area contributed by atoms with E-state index < -0.39 is 4.84 Å².